The monoisotopic (exact) mass is 862 g/mol. The number of halogens is 1. The Balaban J connectivity index is 0.908. The van der Waals surface area contributed by atoms with Crippen molar-refractivity contribution in [2.45, 2.75) is 114 Å². The number of hydrogen-bond donors (Lipinski definition) is 5. The SMILES string of the molecule is C[C@]12C=CC(=O)C=C1CC[C@@H]1[C@@H]2[C@@H](O)C[C@@]2(C)[C@H]1C[C@H]1OC(c3ccc(CC45CC(NC(=O)C(CCCCN)=NC(=O)CNC(=O)CBr)(C4)C5)cc3)O[C@]12C(=O)CO. The van der Waals surface area contributed by atoms with E-state index in [0.29, 0.717) is 38.6 Å². The van der Waals surface area contributed by atoms with Crippen LogP contribution in [0.5, 0.6) is 0 Å². The number of carbonyl (C=O) groups is 5. The molecule has 9 atom stereocenters. The number of aliphatic hydroxyl groups is 2. The minimum absolute atomic E-state index is 0.0170. The van der Waals surface area contributed by atoms with Gasteiger partial charge in [0.2, 0.25) is 5.91 Å². The highest BCUT2D eigenvalue weighted by atomic mass is 79.9. The number of fused-ring (bicyclic) bond motifs is 7. The number of carbonyl (C=O) groups excluding carboxylic acids is 5. The number of benzene rings is 1. The fourth-order valence-corrected chi connectivity index (χ4v) is 13.0. The predicted molar refractivity (Wildman–Crippen MR) is 216 cm³/mol. The second kappa shape index (κ2) is 15.3. The van der Waals surface area contributed by atoms with Crippen LogP contribution in [0.3, 0.4) is 0 Å². The number of alkyl halides is 1. The number of Topliss-reactive ketones (excluding diaryl/α,β-unsaturated/α-hetero) is 1. The molecule has 6 N–H and O–H groups in total. The van der Waals surface area contributed by atoms with E-state index in [2.05, 4.69) is 50.6 Å². The Bertz CT molecular complexity index is 1960. The van der Waals surface area contributed by atoms with Gasteiger partial charge in [0.15, 0.2) is 23.5 Å². The molecule has 1 saturated heterocycles. The molecule has 58 heavy (non-hydrogen) atoms. The molecule has 3 amide bonds. The highest BCUT2D eigenvalue weighted by Gasteiger charge is 2.76. The van der Waals surface area contributed by atoms with E-state index in [1.54, 1.807) is 12.2 Å². The highest BCUT2D eigenvalue weighted by Crippen LogP contribution is 2.71. The summed E-state index contributed by atoms with van der Waals surface area (Å²) in [5, 5.41) is 28.0. The van der Waals surface area contributed by atoms with E-state index in [4.69, 9.17) is 15.2 Å². The number of nitrogens with one attached hydrogen (secondary N) is 2. The van der Waals surface area contributed by atoms with Crippen molar-refractivity contribution in [2.24, 2.45) is 44.7 Å². The summed E-state index contributed by atoms with van der Waals surface area (Å²) in [5.41, 5.74) is 5.90. The number of nitrogens with zero attached hydrogens (tertiary/aromatic N) is 1. The first-order valence-corrected chi connectivity index (χ1v) is 21.9. The molecule has 0 aromatic heterocycles. The average Bonchev–Trinajstić information content (AvgIpc) is 3.68. The van der Waals surface area contributed by atoms with Crippen LogP contribution in [0.2, 0.25) is 0 Å². The van der Waals surface area contributed by atoms with Gasteiger partial charge in [-0.3, -0.25) is 24.0 Å². The Labute approximate surface area is 347 Å². The predicted octanol–water partition coefficient (Wildman–Crippen LogP) is 3.48. The van der Waals surface area contributed by atoms with Gasteiger partial charge in [-0.1, -0.05) is 65.7 Å². The van der Waals surface area contributed by atoms with Gasteiger partial charge in [-0.25, -0.2) is 4.99 Å². The summed E-state index contributed by atoms with van der Waals surface area (Å²) in [7, 11) is 0. The molecular formula is C44H55BrN4O9. The first-order valence-electron chi connectivity index (χ1n) is 20.8. The third kappa shape index (κ3) is 6.70. The van der Waals surface area contributed by atoms with Crippen LogP contribution >= 0.6 is 15.9 Å². The largest absolute Gasteiger partial charge is 0.393 e. The van der Waals surface area contributed by atoms with Gasteiger partial charge in [-0.05, 0) is 112 Å². The smallest absolute Gasteiger partial charge is 0.266 e. The van der Waals surface area contributed by atoms with Crippen molar-refractivity contribution in [3.8, 4) is 0 Å². The standard InChI is InChI=1S/C44H55BrN4O9/c1-40-13-12-28(51)15-27(40)10-11-29-30-16-34-44(33(53)21-50,41(30,2)18-32(52)37(29)40)58-39(57-34)26-8-6-25(7-9-26)17-42-22-43(23-42,24-42)49-38(56)31(5-3-4-14-46)48-36(55)20-47-35(54)19-45/h6-9,12-13,15,29-30,32,34,37,39,50,52H,3-5,10-11,14,16-24,46H2,1-2H3,(H,47,54)(H,49,56)/t29-,30-,32-,34+,37+,39?,40-,41-,42?,43?,44+/m0/s1. The molecule has 1 aliphatic heterocycles. The number of aliphatic imine (C=N–C) groups is 1. The molecule has 2 bridgehead atoms. The lowest BCUT2D eigenvalue weighted by Gasteiger charge is -2.71. The summed E-state index contributed by atoms with van der Waals surface area (Å²) in [6.45, 7) is 3.66. The molecule has 14 heteroatoms. The second-order valence-electron chi connectivity index (χ2n) is 18.6. The molecule has 1 unspecified atom stereocenters. The van der Waals surface area contributed by atoms with Gasteiger partial charge in [-0.15, -0.1) is 0 Å². The lowest BCUT2D eigenvalue weighted by Crippen LogP contribution is -2.75. The third-order valence-corrected chi connectivity index (χ3v) is 15.6. The number of nitrogens with two attached hydrogens (primary N) is 1. The molecule has 9 rings (SSSR count). The van der Waals surface area contributed by atoms with E-state index >= 15 is 0 Å². The summed E-state index contributed by atoms with van der Waals surface area (Å²) in [5.74, 6) is -1.71. The number of rotatable bonds is 14. The summed E-state index contributed by atoms with van der Waals surface area (Å²) in [6.07, 6.45) is 10.6. The minimum Gasteiger partial charge on any atom is -0.393 e. The van der Waals surface area contributed by atoms with Gasteiger partial charge in [0.25, 0.3) is 11.8 Å². The minimum atomic E-state index is -1.41. The molecule has 312 valence electrons. The van der Waals surface area contributed by atoms with E-state index in [-0.39, 0.29) is 63.9 Å². The van der Waals surface area contributed by atoms with Gasteiger partial charge in [-0.2, -0.15) is 0 Å². The van der Waals surface area contributed by atoms with E-state index in [0.717, 1.165) is 55.2 Å². The number of hydrogen-bond acceptors (Lipinski definition) is 10. The number of amides is 3. The molecular weight excluding hydrogens is 808 g/mol. The summed E-state index contributed by atoms with van der Waals surface area (Å²) < 4.78 is 13.4. The zero-order valence-electron chi connectivity index (χ0n) is 33.3. The van der Waals surface area contributed by atoms with Gasteiger partial charge < -0.3 is 36.1 Å². The third-order valence-electron chi connectivity index (χ3n) is 15.1. The van der Waals surface area contributed by atoms with Crippen LogP contribution < -0.4 is 16.4 Å². The van der Waals surface area contributed by atoms with Crippen LogP contribution in [0.1, 0.15) is 95.5 Å². The molecule has 0 spiro atoms. The first-order chi connectivity index (χ1) is 27.6. The highest BCUT2D eigenvalue weighted by molar-refractivity contribution is 9.09. The van der Waals surface area contributed by atoms with Crippen LogP contribution in [-0.2, 0) is 39.9 Å². The van der Waals surface area contributed by atoms with Crippen LogP contribution in [0, 0.1) is 34.0 Å². The van der Waals surface area contributed by atoms with Crippen molar-refractivity contribution >= 4 is 50.9 Å². The molecule has 1 aromatic rings. The topological polar surface area (TPSA) is 207 Å². The van der Waals surface area contributed by atoms with Crippen LogP contribution in [0.25, 0.3) is 0 Å². The maximum Gasteiger partial charge on any atom is 0.266 e. The Kier molecular flexibility index (Phi) is 10.9. The van der Waals surface area contributed by atoms with Crippen LogP contribution in [0.15, 0.2) is 53.1 Å². The van der Waals surface area contributed by atoms with Gasteiger partial charge in [0.05, 0.1) is 24.1 Å². The zero-order chi connectivity index (χ0) is 41.3. The lowest BCUT2D eigenvalue weighted by molar-refractivity contribution is -0.201. The van der Waals surface area contributed by atoms with Crippen LogP contribution in [-0.4, -0.2) is 93.6 Å². The number of allylic oxidation sites excluding steroid dienone is 4. The van der Waals surface area contributed by atoms with Crippen molar-refractivity contribution in [1.29, 1.82) is 0 Å². The van der Waals surface area contributed by atoms with Gasteiger partial charge in [0, 0.05) is 27.9 Å². The molecule has 6 saturated carbocycles. The molecule has 1 aromatic carbocycles. The Morgan fingerprint density at radius 3 is 2.52 bits per heavy atom. The molecule has 13 nitrogen and oxygen atoms in total. The summed E-state index contributed by atoms with van der Waals surface area (Å²) >= 11 is 3.04. The molecule has 0 radical (unpaired) electrons. The molecule has 8 aliphatic rings. The summed E-state index contributed by atoms with van der Waals surface area (Å²) in [6, 6.07) is 8.06. The van der Waals surface area contributed by atoms with E-state index in [1.165, 1.54) is 0 Å². The van der Waals surface area contributed by atoms with Crippen molar-refractivity contribution in [2.75, 3.05) is 25.0 Å². The number of unbranched alkanes of at least 4 members (excludes halogenated alkanes) is 1. The maximum absolute atomic E-state index is 13.9. The average molecular weight is 864 g/mol. The van der Waals surface area contributed by atoms with Gasteiger partial charge >= 0.3 is 0 Å². The van der Waals surface area contributed by atoms with E-state index in [9.17, 15) is 34.2 Å². The van der Waals surface area contributed by atoms with E-state index in [1.807, 2.05) is 25.1 Å². The normalized spacial score (nSPS) is 39.2. The number of aliphatic hydroxyl groups excluding tert-OH is 2. The van der Waals surface area contributed by atoms with E-state index < -0.39 is 53.2 Å². The number of ketones is 2. The number of ether oxygens (including phenoxy) is 2. The second-order valence-corrected chi connectivity index (χ2v) is 19.2. The Morgan fingerprint density at radius 2 is 1.83 bits per heavy atom. The quantitative estimate of drug-likeness (QED) is 0.105. The first kappa shape index (κ1) is 41.3. The van der Waals surface area contributed by atoms with Crippen molar-refractivity contribution in [3.63, 3.8) is 0 Å². The van der Waals surface area contributed by atoms with Crippen molar-refractivity contribution in [3.05, 3.63) is 59.2 Å². The molecule has 1 heterocycles. The Morgan fingerprint density at radius 1 is 1.09 bits per heavy atom. The van der Waals surface area contributed by atoms with Crippen LogP contribution in [0.4, 0.5) is 0 Å². The van der Waals surface area contributed by atoms with Crippen molar-refractivity contribution in [1.82, 2.24) is 10.6 Å². The lowest BCUT2D eigenvalue weighted by atomic mass is 9.38. The van der Waals surface area contributed by atoms with Crippen molar-refractivity contribution < 1.29 is 43.7 Å². The Hall–Kier alpha value is -3.40. The fourth-order valence-electron chi connectivity index (χ4n) is 12.8. The maximum atomic E-state index is 13.9. The zero-order valence-corrected chi connectivity index (χ0v) is 34.9. The molecule has 7 fully saturated rings. The molecule has 7 aliphatic carbocycles. The fraction of sp³-hybridized carbons (Fsp3) is 0.636. The summed E-state index contributed by atoms with van der Waals surface area (Å²) in [4.78, 5) is 67.6. The van der Waals surface area contributed by atoms with Gasteiger partial charge in [0.1, 0.15) is 12.3 Å².